The number of nitrogens with zero attached hydrogens (tertiary/aromatic N) is 1. The molecule has 0 saturated carbocycles. The molecule has 0 fully saturated rings. The van der Waals surface area contributed by atoms with Crippen LogP contribution in [0.25, 0.3) is 0 Å². The van der Waals surface area contributed by atoms with Gasteiger partial charge in [0.15, 0.2) is 0 Å². The van der Waals surface area contributed by atoms with E-state index in [2.05, 4.69) is 36.5 Å². The lowest BCUT2D eigenvalue weighted by molar-refractivity contribution is 0.355. The molecule has 0 heterocycles. The highest BCUT2D eigenvalue weighted by Crippen LogP contribution is 2.07. The summed E-state index contributed by atoms with van der Waals surface area (Å²) < 4.78 is 0. The van der Waals surface area contributed by atoms with Crippen LogP contribution in [0.2, 0.25) is 0 Å². The van der Waals surface area contributed by atoms with Gasteiger partial charge in [-0.05, 0) is 24.8 Å². The summed E-state index contributed by atoms with van der Waals surface area (Å²) in [5, 5.41) is 5.46. The van der Waals surface area contributed by atoms with Gasteiger partial charge in [0.25, 0.3) is 0 Å². The second kappa shape index (κ2) is 8.45. The van der Waals surface area contributed by atoms with Crippen LogP contribution in [0.1, 0.15) is 20.3 Å². The summed E-state index contributed by atoms with van der Waals surface area (Å²) in [5.41, 5.74) is 1.34. The van der Waals surface area contributed by atoms with Crippen molar-refractivity contribution in [3.05, 3.63) is 11.1 Å². The Hall–Kier alpha value is -0.150. The number of nitrogens with one attached hydrogen (secondary N) is 1. The van der Waals surface area contributed by atoms with Gasteiger partial charge in [-0.25, -0.2) is 0 Å². The van der Waals surface area contributed by atoms with E-state index in [9.17, 15) is 0 Å². The van der Waals surface area contributed by atoms with Crippen LogP contribution in [-0.2, 0) is 0 Å². The molecule has 0 aliphatic carbocycles. The minimum atomic E-state index is 1.12. The molecule has 0 aliphatic rings. The van der Waals surface area contributed by atoms with E-state index in [-0.39, 0.29) is 0 Å². The Balaban J connectivity index is 3.71. The molecule has 0 saturated heterocycles. The third-order valence-electron chi connectivity index (χ3n) is 2.02. The van der Waals surface area contributed by atoms with Crippen molar-refractivity contribution in [2.45, 2.75) is 20.3 Å². The quantitative estimate of drug-likeness (QED) is 0.681. The zero-order valence-electron chi connectivity index (χ0n) is 9.26. The predicted octanol–water partition coefficient (Wildman–Crippen LogP) is 2.14. The zero-order chi connectivity index (χ0) is 10.1. The zero-order valence-corrected chi connectivity index (χ0v) is 10.1. The minimum absolute atomic E-state index is 1.12. The molecule has 0 bridgehead atoms. The van der Waals surface area contributed by atoms with Gasteiger partial charge >= 0.3 is 0 Å². The van der Waals surface area contributed by atoms with Gasteiger partial charge in [-0.2, -0.15) is 0 Å². The van der Waals surface area contributed by atoms with Crippen molar-refractivity contribution in [2.24, 2.45) is 0 Å². The van der Waals surface area contributed by atoms with E-state index >= 15 is 0 Å². The molecule has 0 spiro atoms. The van der Waals surface area contributed by atoms with Crippen molar-refractivity contribution in [1.82, 2.24) is 10.2 Å². The minimum Gasteiger partial charge on any atom is -0.391 e. The van der Waals surface area contributed by atoms with Crippen LogP contribution in [0.5, 0.6) is 0 Å². The Morgan fingerprint density at radius 2 is 2.15 bits per heavy atom. The Labute approximate surface area is 86.8 Å². The van der Waals surface area contributed by atoms with Crippen LogP contribution >= 0.6 is 11.8 Å². The van der Waals surface area contributed by atoms with Gasteiger partial charge in [-0.3, -0.25) is 0 Å². The SMILES string of the molecule is CCS/C=C(/CCN(C)CC)NC. The van der Waals surface area contributed by atoms with Gasteiger partial charge in [-0.1, -0.05) is 13.8 Å². The molecule has 0 unspecified atom stereocenters. The highest BCUT2D eigenvalue weighted by Gasteiger charge is 1.97. The number of hydrogen-bond donors (Lipinski definition) is 1. The first-order chi connectivity index (χ1) is 6.24. The fraction of sp³-hybridized carbons (Fsp3) is 0.800. The second-order valence-corrected chi connectivity index (χ2v) is 4.14. The van der Waals surface area contributed by atoms with Crippen LogP contribution in [0.15, 0.2) is 11.1 Å². The van der Waals surface area contributed by atoms with Gasteiger partial charge in [0, 0.05) is 25.7 Å². The van der Waals surface area contributed by atoms with Crippen molar-refractivity contribution in [3.8, 4) is 0 Å². The third kappa shape index (κ3) is 6.96. The van der Waals surface area contributed by atoms with E-state index < -0.39 is 0 Å². The summed E-state index contributed by atoms with van der Waals surface area (Å²) in [6, 6.07) is 0. The maximum Gasteiger partial charge on any atom is 0.0181 e. The largest absolute Gasteiger partial charge is 0.391 e. The second-order valence-electron chi connectivity index (χ2n) is 2.99. The molecule has 78 valence electrons. The van der Waals surface area contributed by atoms with E-state index in [0.29, 0.717) is 0 Å². The molecule has 0 rings (SSSR count). The number of rotatable bonds is 7. The fourth-order valence-electron chi connectivity index (χ4n) is 0.896. The Morgan fingerprint density at radius 1 is 1.46 bits per heavy atom. The van der Waals surface area contributed by atoms with Crippen molar-refractivity contribution >= 4 is 11.8 Å². The van der Waals surface area contributed by atoms with Gasteiger partial charge in [0.05, 0.1) is 0 Å². The summed E-state index contributed by atoms with van der Waals surface area (Å²) in [5.74, 6) is 1.15. The van der Waals surface area contributed by atoms with Crippen molar-refractivity contribution in [3.63, 3.8) is 0 Å². The molecule has 0 aliphatic heterocycles. The van der Waals surface area contributed by atoms with Gasteiger partial charge in [0.1, 0.15) is 0 Å². The molecular weight excluding hydrogens is 180 g/mol. The average molecular weight is 202 g/mol. The van der Waals surface area contributed by atoms with Crippen LogP contribution in [0, 0.1) is 0 Å². The van der Waals surface area contributed by atoms with Gasteiger partial charge in [0.2, 0.25) is 0 Å². The number of thioether (sulfide) groups is 1. The molecule has 0 atom stereocenters. The van der Waals surface area contributed by atoms with Gasteiger partial charge < -0.3 is 10.2 Å². The topological polar surface area (TPSA) is 15.3 Å². The van der Waals surface area contributed by atoms with E-state index in [4.69, 9.17) is 0 Å². The normalized spacial score (nSPS) is 12.2. The standard InChI is InChI=1S/C10H22N2S/c1-5-12(4)8-7-10(11-3)9-13-6-2/h9,11H,5-8H2,1-4H3/b10-9-. The molecule has 0 aromatic rings. The molecule has 0 amide bonds. The summed E-state index contributed by atoms with van der Waals surface area (Å²) in [7, 11) is 4.15. The van der Waals surface area contributed by atoms with E-state index in [1.165, 1.54) is 5.70 Å². The molecule has 0 aromatic heterocycles. The lowest BCUT2D eigenvalue weighted by Gasteiger charge is -2.14. The van der Waals surface area contributed by atoms with E-state index in [0.717, 1.165) is 25.3 Å². The summed E-state index contributed by atoms with van der Waals surface area (Å²) in [4.78, 5) is 2.32. The summed E-state index contributed by atoms with van der Waals surface area (Å²) in [6.07, 6.45) is 1.12. The van der Waals surface area contributed by atoms with Crippen molar-refractivity contribution in [1.29, 1.82) is 0 Å². The molecule has 2 nitrogen and oxygen atoms in total. The lowest BCUT2D eigenvalue weighted by Crippen LogP contribution is -2.21. The van der Waals surface area contributed by atoms with E-state index in [1.54, 1.807) is 0 Å². The van der Waals surface area contributed by atoms with Crippen LogP contribution in [-0.4, -0.2) is 37.8 Å². The molecular formula is C10H22N2S. The molecule has 0 radical (unpaired) electrons. The average Bonchev–Trinajstić information content (AvgIpc) is 2.17. The summed E-state index contributed by atoms with van der Waals surface area (Å²) >= 11 is 1.86. The van der Waals surface area contributed by atoms with Crippen LogP contribution in [0.4, 0.5) is 0 Å². The lowest BCUT2D eigenvalue weighted by atomic mass is 10.3. The van der Waals surface area contributed by atoms with Gasteiger partial charge in [-0.15, -0.1) is 11.8 Å². The predicted molar refractivity (Wildman–Crippen MR) is 63.1 cm³/mol. The first-order valence-corrected chi connectivity index (χ1v) is 5.96. The Kier molecular flexibility index (Phi) is 8.35. The Bertz CT molecular complexity index is 146. The van der Waals surface area contributed by atoms with Crippen molar-refractivity contribution < 1.29 is 0 Å². The van der Waals surface area contributed by atoms with Crippen molar-refractivity contribution in [2.75, 3.05) is 32.9 Å². The summed E-state index contributed by atoms with van der Waals surface area (Å²) in [6.45, 7) is 6.61. The highest BCUT2D eigenvalue weighted by molar-refractivity contribution is 8.02. The maximum atomic E-state index is 3.23. The Morgan fingerprint density at radius 3 is 2.62 bits per heavy atom. The van der Waals surface area contributed by atoms with Crippen LogP contribution < -0.4 is 5.32 Å². The molecule has 1 N–H and O–H groups in total. The monoisotopic (exact) mass is 202 g/mol. The third-order valence-corrected chi connectivity index (χ3v) is 2.80. The molecule has 13 heavy (non-hydrogen) atoms. The first-order valence-electron chi connectivity index (χ1n) is 4.91. The fourth-order valence-corrected chi connectivity index (χ4v) is 1.50. The maximum absolute atomic E-state index is 3.23. The smallest absolute Gasteiger partial charge is 0.0181 e. The number of hydrogen-bond acceptors (Lipinski definition) is 3. The van der Waals surface area contributed by atoms with E-state index in [1.807, 2.05) is 18.8 Å². The first kappa shape index (κ1) is 12.8. The van der Waals surface area contributed by atoms with Crippen LogP contribution in [0.3, 0.4) is 0 Å². The highest BCUT2D eigenvalue weighted by atomic mass is 32.2. The molecule has 0 aromatic carbocycles. The molecule has 3 heteroatoms.